The summed E-state index contributed by atoms with van der Waals surface area (Å²) in [4.78, 5) is 24.1. The third kappa shape index (κ3) is 3.61. The van der Waals surface area contributed by atoms with E-state index in [1.165, 1.54) is 43.5 Å². The Hall–Kier alpha value is -1.75. The molecular weight excluding hydrogens is 244 g/mol. The molecule has 0 radical (unpaired) electrons. The van der Waals surface area contributed by atoms with Crippen molar-refractivity contribution in [1.82, 2.24) is 4.90 Å². The fourth-order valence-corrected chi connectivity index (χ4v) is 2.29. The van der Waals surface area contributed by atoms with Crippen LogP contribution in [0.4, 0.5) is 5.69 Å². The van der Waals surface area contributed by atoms with Gasteiger partial charge in [0.15, 0.2) is 5.78 Å². The molecule has 1 aromatic rings. The van der Waals surface area contributed by atoms with Crippen molar-refractivity contribution in [2.24, 2.45) is 5.92 Å². The first-order chi connectivity index (χ1) is 9.06. The van der Waals surface area contributed by atoms with Crippen molar-refractivity contribution in [3.8, 4) is 0 Å². The Morgan fingerprint density at radius 2 is 2.00 bits per heavy atom. The maximum Gasteiger partial charge on any atom is 0.269 e. The molecule has 1 aliphatic rings. The van der Waals surface area contributed by atoms with Crippen molar-refractivity contribution >= 4 is 11.5 Å². The highest BCUT2D eigenvalue weighted by Gasteiger charge is 2.20. The van der Waals surface area contributed by atoms with Crippen molar-refractivity contribution in [3.05, 3.63) is 39.9 Å². The number of rotatable bonds is 6. The van der Waals surface area contributed by atoms with Crippen LogP contribution in [0.15, 0.2) is 24.3 Å². The Morgan fingerprint density at radius 1 is 1.37 bits per heavy atom. The summed E-state index contributed by atoms with van der Waals surface area (Å²) in [5.74, 6) is 0.742. The van der Waals surface area contributed by atoms with Gasteiger partial charge in [0.2, 0.25) is 0 Å². The molecule has 102 valence electrons. The normalized spacial score (nSPS) is 15.3. The molecule has 1 saturated carbocycles. The minimum absolute atomic E-state index is 0.0109. The Labute approximate surface area is 112 Å². The quantitative estimate of drug-likeness (QED) is 0.449. The summed E-state index contributed by atoms with van der Waals surface area (Å²) in [5.41, 5.74) is 0.547. The van der Waals surface area contributed by atoms with Gasteiger partial charge in [-0.05, 0) is 37.9 Å². The van der Waals surface area contributed by atoms with Crippen molar-refractivity contribution in [2.45, 2.75) is 19.3 Å². The van der Waals surface area contributed by atoms with Gasteiger partial charge in [-0.2, -0.15) is 0 Å². The summed E-state index contributed by atoms with van der Waals surface area (Å²) in [7, 11) is 1.95. The second-order valence-electron chi connectivity index (χ2n) is 5.22. The molecule has 19 heavy (non-hydrogen) atoms. The molecule has 1 aromatic carbocycles. The highest BCUT2D eigenvalue weighted by Crippen LogP contribution is 2.26. The Morgan fingerprint density at radius 3 is 2.47 bits per heavy atom. The molecular formula is C14H18N2O3. The topological polar surface area (TPSA) is 63.5 Å². The van der Waals surface area contributed by atoms with Gasteiger partial charge in [0.1, 0.15) is 0 Å². The fourth-order valence-electron chi connectivity index (χ4n) is 2.29. The maximum atomic E-state index is 12.0. The molecule has 0 bridgehead atoms. The zero-order chi connectivity index (χ0) is 13.8. The number of nitro benzene ring substituents is 1. The first-order valence-electron chi connectivity index (χ1n) is 6.52. The molecule has 0 spiro atoms. The second kappa shape index (κ2) is 5.93. The first kappa shape index (κ1) is 13.7. The largest absolute Gasteiger partial charge is 0.299 e. The molecule has 0 amide bonds. The smallest absolute Gasteiger partial charge is 0.269 e. The molecule has 5 nitrogen and oxygen atoms in total. The van der Waals surface area contributed by atoms with Crippen LogP contribution in [0.25, 0.3) is 0 Å². The standard InChI is InChI=1S/C14H18N2O3/c1-15(9-11-3-2-4-11)10-14(17)12-5-7-13(8-6-12)16(18)19/h5-8,11H,2-4,9-10H2,1H3. The van der Waals surface area contributed by atoms with Gasteiger partial charge in [0.05, 0.1) is 11.5 Å². The highest BCUT2D eigenvalue weighted by molar-refractivity contribution is 5.97. The molecule has 0 atom stereocenters. The van der Waals surface area contributed by atoms with Crippen LogP contribution in [-0.2, 0) is 0 Å². The molecule has 0 unspecified atom stereocenters. The first-order valence-corrected chi connectivity index (χ1v) is 6.52. The number of nitrogens with zero attached hydrogens (tertiary/aromatic N) is 2. The average molecular weight is 262 g/mol. The number of carbonyl (C=O) groups excluding carboxylic acids is 1. The van der Waals surface area contributed by atoms with Gasteiger partial charge in [-0.25, -0.2) is 0 Å². The summed E-state index contributed by atoms with van der Waals surface area (Å²) < 4.78 is 0. The SMILES string of the molecule is CN(CC(=O)c1ccc([N+](=O)[O-])cc1)CC1CCC1. The van der Waals surface area contributed by atoms with E-state index in [0.29, 0.717) is 12.1 Å². The Bertz CT molecular complexity index is 466. The van der Waals surface area contributed by atoms with Gasteiger partial charge in [-0.1, -0.05) is 6.42 Å². The number of likely N-dealkylation sites (N-methyl/N-ethyl adjacent to an activating group) is 1. The minimum Gasteiger partial charge on any atom is -0.299 e. The van der Waals surface area contributed by atoms with Gasteiger partial charge in [0.25, 0.3) is 5.69 Å². The average Bonchev–Trinajstić information content (AvgIpc) is 2.34. The predicted octanol–water partition coefficient (Wildman–Crippen LogP) is 2.51. The molecule has 0 N–H and O–H groups in total. The lowest BCUT2D eigenvalue weighted by Gasteiger charge is -2.29. The lowest BCUT2D eigenvalue weighted by Crippen LogP contribution is -2.33. The molecule has 0 aromatic heterocycles. The molecule has 0 heterocycles. The molecule has 0 saturated heterocycles. The predicted molar refractivity (Wildman–Crippen MR) is 72.3 cm³/mol. The van der Waals surface area contributed by atoms with Gasteiger partial charge >= 0.3 is 0 Å². The lowest BCUT2D eigenvalue weighted by molar-refractivity contribution is -0.384. The van der Waals surface area contributed by atoms with Crippen LogP contribution in [0.1, 0.15) is 29.6 Å². The Balaban J connectivity index is 1.89. The van der Waals surface area contributed by atoms with Gasteiger partial charge in [-0.15, -0.1) is 0 Å². The van der Waals surface area contributed by atoms with E-state index in [1.807, 2.05) is 11.9 Å². The molecule has 1 fully saturated rings. The van der Waals surface area contributed by atoms with Gasteiger partial charge in [0, 0.05) is 24.2 Å². The number of non-ortho nitro benzene ring substituents is 1. The van der Waals surface area contributed by atoms with Crippen LogP contribution in [0.3, 0.4) is 0 Å². The van der Waals surface area contributed by atoms with E-state index in [9.17, 15) is 14.9 Å². The fraction of sp³-hybridized carbons (Fsp3) is 0.500. The zero-order valence-electron chi connectivity index (χ0n) is 11.0. The van der Waals surface area contributed by atoms with Crippen LogP contribution in [0.2, 0.25) is 0 Å². The van der Waals surface area contributed by atoms with E-state index in [0.717, 1.165) is 12.5 Å². The van der Waals surface area contributed by atoms with Gasteiger partial charge < -0.3 is 0 Å². The molecule has 1 aliphatic carbocycles. The summed E-state index contributed by atoms with van der Waals surface area (Å²) in [6.45, 7) is 1.33. The van der Waals surface area contributed by atoms with Crippen molar-refractivity contribution in [1.29, 1.82) is 0 Å². The second-order valence-corrected chi connectivity index (χ2v) is 5.22. The van der Waals surface area contributed by atoms with E-state index in [1.54, 1.807) is 0 Å². The number of hydrogen-bond acceptors (Lipinski definition) is 4. The van der Waals surface area contributed by atoms with Crippen LogP contribution >= 0.6 is 0 Å². The van der Waals surface area contributed by atoms with Crippen LogP contribution in [0, 0.1) is 16.0 Å². The van der Waals surface area contributed by atoms with Crippen LogP contribution in [-0.4, -0.2) is 35.7 Å². The van der Waals surface area contributed by atoms with E-state index in [4.69, 9.17) is 0 Å². The maximum absolute atomic E-state index is 12.0. The number of ketones is 1. The summed E-state index contributed by atoms with van der Waals surface area (Å²) in [5, 5.41) is 10.5. The number of carbonyl (C=O) groups is 1. The number of nitro groups is 1. The highest BCUT2D eigenvalue weighted by atomic mass is 16.6. The number of Topliss-reactive ketones (excluding diaryl/α,β-unsaturated/α-hetero) is 1. The monoisotopic (exact) mass is 262 g/mol. The summed E-state index contributed by atoms with van der Waals surface area (Å²) in [6.07, 6.45) is 3.82. The lowest BCUT2D eigenvalue weighted by atomic mass is 9.85. The van der Waals surface area contributed by atoms with E-state index in [2.05, 4.69) is 0 Å². The van der Waals surface area contributed by atoms with Crippen molar-refractivity contribution in [2.75, 3.05) is 20.1 Å². The van der Waals surface area contributed by atoms with E-state index < -0.39 is 4.92 Å². The van der Waals surface area contributed by atoms with E-state index >= 15 is 0 Å². The summed E-state index contributed by atoms with van der Waals surface area (Å²) >= 11 is 0. The van der Waals surface area contributed by atoms with Crippen molar-refractivity contribution < 1.29 is 9.72 Å². The third-order valence-corrected chi connectivity index (χ3v) is 3.61. The summed E-state index contributed by atoms with van der Waals surface area (Å²) in [6, 6.07) is 5.80. The number of hydrogen-bond donors (Lipinski definition) is 0. The van der Waals surface area contributed by atoms with Crippen LogP contribution < -0.4 is 0 Å². The molecule has 2 rings (SSSR count). The molecule has 5 heteroatoms. The third-order valence-electron chi connectivity index (χ3n) is 3.61. The minimum atomic E-state index is -0.461. The Kier molecular flexibility index (Phi) is 4.27. The van der Waals surface area contributed by atoms with E-state index in [-0.39, 0.29) is 11.5 Å². The zero-order valence-corrected chi connectivity index (χ0v) is 11.0. The van der Waals surface area contributed by atoms with Gasteiger partial charge in [-0.3, -0.25) is 19.8 Å². The van der Waals surface area contributed by atoms with Crippen LogP contribution in [0.5, 0.6) is 0 Å². The number of benzene rings is 1. The molecule has 0 aliphatic heterocycles. The van der Waals surface area contributed by atoms with Crippen molar-refractivity contribution in [3.63, 3.8) is 0 Å².